The number of halogens is 1. The first kappa shape index (κ1) is 12.3. The molecule has 1 N–H and O–H groups in total. The largest absolute Gasteiger partial charge is 0.314 e. The molecule has 0 bridgehead atoms. The second-order valence-corrected chi connectivity index (χ2v) is 5.90. The standard InChI is InChI=1S/C13H19IN2/c1-10-7-15-8-11(2)16(10)9-12-3-5-13(14)6-4-12/h3-6,10-11,15H,7-9H2,1-2H3. The first-order valence-electron chi connectivity index (χ1n) is 5.87. The van der Waals surface area contributed by atoms with Gasteiger partial charge >= 0.3 is 0 Å². The number of rotatable bonds is 2. The van der Waals surface area contributed by atoms with Crippen LogP contribution in [-0.2, 0) is 6.54 Å². The average molecular weight is 330 g/mol. The van der Waals surface area contributed by atoms with Crippen molar-refractivity contribution in [2.75, 3.05) is 13.1 Å². The molecule has 0 aromatic heterocycles. The SMILES string of the molecule is CC1CNCC(C)N1Cc1ccc(I)cc1. The van der Waals surface area contributed by atoms with E-state index in [-0.39, 0.29) is 0 Å². The number of nitrogens with zero attached hydrogens (tertiary/aromatic N) is 1. The van der Waals surface area contributed by atoms with Crippen LogP contribution in [0.3, 0.4) is 0 Å². The molecule has 0 saturated carbocycles. The van der Waals surface area contributed by atoms with E-state index in [2.05, 4.69) is 70.9 Å². The summed E-state index contributed by atoms with van der Waals surface area (Å²) in [5.41, 5.74) is 1.42. The second kappa shape index (κ2) is 5.47. The molecule has 2 nitrogen and oxygen atoms in total. The van der Waals surface area contributed by atoms with Gasteiger partial charge in [0.1, 0.15) is 0 Å². The minimum Gasteiger partial charge on any atom is -0.314 e. The van der Waals surface area contributed by atoms with Gasteiger partial charge in [-0.1, -0.05) is 12.1 Å². The van der Waals surface area contributed by atoms with Crippen molar-refractivity contribution < 1.29 is 0 Å². The zero-order valence-corrected chi connectivity index (χ0v) is 12.1. The molecule has 0 amide bonds. The van der Waals surface area contributed by atoms with Gasteiger partial charge in [-0.2, -0.15) is 0 Å². The van der Waals surface area contributed by atoms with Gasteiger partial charge in [-0.3, -0.25) is 4.90 Å². The van der Waals surface area contributed by atoms with Gasteiger partial charge in [0.05, 0.1) is 0 Å². The van der Waals surface area contributed by atoms with Gasteiger partial charge < -0.3 is 5.32 Å². The molecule has 0 aliphatic carbocycles. The number of piperazine rings is 1. The first-order valence-corrected chi connectivity index (χ1v) is 6.95. The highest BCUT2D eigenvalue weighted by atomic mass is 127. The van der Waals surface area contributed by atoms with E-state index in [0.717, 1.165) is 19.6 Å². The Morgan fingerprint density at radius 2 is 1.75 bits per heavy atom. The smallest absolute Gasteiger partial charge is 0.0240 e. The molecule has 0 spiro atoms. The van der Waals surface area contributed by atoms with Gasteiger partial charge in [-0.05, 0) is 54.1 Å². The van der Waals surface area contributed by atoms with Crippen LogP contribution in [0.5, 0.6) is 0 Å². The number of nitrogens with one attached hydrogen (secondary N) is 1. The Morgan fingerprint density at radius 3 is 2.31 bits per heavy atom. The molecule has 2 atom stereocenters. The van der Waals surface area contributed by atoms with E-state index in [4.69, 9.17) is 0 Å². The van der Waals surface area contributed by atoms with Gasteiger partial charge in [-0.15, -0.1) is 0 Å². The van der Waals surface area contributed by atoms with Crippen molar-refractivity contribution in [2.24, 2.45) is 0 Å². The summed E-state index contributed by atoms with van der Waals surface area (Å²) < 4.78 is 1.31. The maximum atomic E-state index is 3.47. The van der Waals surface area contributed by atoms with E-state index in [1.54, 1.807) is 0 Å². The number of benzene rings is 1. The molecular weight excluding hydrogens is 311 g/mol. The van der Waals surface area contributed by atoms with Crippen LogP contribution in [-0.4, -0.2) is 30.1 Å². The van der Waals surface area contributed by atoms with E-state index < -0.39 is 0 Å². The number of hydrogen-bond donors (Lipinski definition) is 1. The van der Waals surface area contributed by atoms with E-state index in [0.29, 0.717) is 12.1 Å². The fourth-order valence-corrected chi connectivity index (χ4v) is 2.64. The highest BCUT2D eigenvalue weighted by Gasteiger charge is 2.23. The van der Waals surface area contributed by atoms with Crippen LogP contribution in [0.2, 0.25) is 0 Å². The lowest BCUT2D eigenvalue weighted by Crippen LogP contribution is -2.54. The number of hydrogen-bond acceptors (Lipinski definition) is 2. The van der Waals surface area contributed by atoms with Gasteiger partial charge in [0, 0.05) is 35.3 Å². The van der Waals surface area contributed by atoms with Crippen LogP contribution in [0, 0.1) is 3.57 Å². The van der Waals surface area contributed by atoms with Gasteiger partial charge in [0.2, 0.25) is 0 Å². The van der Waals surface area contributed by atoms with E-state index in [1.165, 1.54) is 9.13 Å². The summed E-state index contributed by atoms with van der Waals surface area (Å²) in [6.45, 7) is 7.88. The Hall–Kier alpha value is -0.130. The van der Waals surface area contributed by atoms with Crippen molar-refractivity contribution >= 4 is 22.6 Å². The maximum Gasteiger partial charge on any atom is 0.0240 e. The van der Waals surface area contributed by atoms with Crippen LogP contribution >= 0.6 is 22.6 Å². The van der Waals surface area contributed by atoms with Crippen molar-refractivity contribution in [3.8, 4) is 0 Å². The summed E-state index contributed by atoms with van der Waals surface area (Å²) in [7, 11) is 0. The highest BCUT2D eigenvalue weighted by Crippen LogP contribution is 2.15. The zero-order valence-electron chi connectivity index (χ0n) is 9.91. The van der Waals surface area contributed by atoms with Gasteiger partial charge in [-0.25, -0.2) is 0 Å². The Balaban J connectivity index is 2.04. The summed E-state index contributed by atoms with van der Waals surface area (Å²) in [5, 5.41) is 3.47. The molecule has 3 heteroatoms. The average Bonchev–Trinajstić information content (AvgIpc) is 2.26. The normalized spacial score (nSPS) is 26.9. The fraction of sp³-hybridized carbons (Fsp3) is 0.538. The van der Waals surface area contributed by atoms with E-state index >= 15 is 0 Å². The molecule has 2 unspecified atom stereocenters. The second-order valence-electron chi connectivity index (χ2n) is 4.66. The van der Waals surface area contributed by atoms with Crippen molar-refractivity contribution in [3.05, 3.63) is 33.4 Å². The van der Waals surface area contributed by atoms with Gasteiger partial charge in [0.15, 0.2) is 0 Å². The van der Waals surface area contributed by atoms with Crippen LogP contribution < -0.4 is 5.32 Å². The van der Waals surface area contributed by atoms with E-state index in [9.17, 15) is 0 Å². The quantitative estimate of drug-likeness (QED) is 0.838. The molecule has 1 fully saturated rings. The molecule has 1 aliphatic rings. The molecule has 2 rings (SSSR count). The first-order chi connectivity index (χ1) is 7.66. The summed E-state index contributed by atoms with van der Waals surface area (Å²) in [4.78, 5) is 2.58. The summed E-state index contributed by atoms with van der Waals surface area (Å²) in [6, 6.07) is 10.1. The molecule has 1 saturated heterocycles. The minimum atomic E-state index is 0.628. The van der Waals surface area contributed by atoms with Crippen LogP contribution in [0.1, 0.15) is 19.4 Å². The van der Waals surface area contributed by atoms with Crippen molar-refractivity contribution in [1.82, 2.24) is 10.2 Å². The maximum absolute atomic E-state index is 3.47. The molecule has 88 valence electrons. The van der Waals surface area contributed by atoms with Crippen molar-refractivity contribution in [1.29, 1.82) is 0 Å². The van der Waals surface area contributed by atoms with Crippen LogP contribution in [0.25, 0.3) is 0 Å². The predicted octanol–water partition coefficient (Wildman–Crippen LogP) is 2.47. The molecular formula is C13H19IN2. The summed E-state index contributed by atoms with van der Waals surface area (Å²) in [6.07, 6.45) is 0. The lowest BCUT2D eigenvalue weighted by atomic mass is 10.1. The van der Waals surface area contributed by atoms with Crippen LogP contribution in [0.15, 0.2) is 24.3 Å². The minimum absolute atomic E-state index is 0.628. The Labute approximate surface area is 112 Å². The topological polar surface area (TPSA) is 15.3 Å². The molecule has 0 radical (unpaired) electrons. The molecule has 1 aromatic carbocycles. The Kier molecular flexibility index (Phi) is 4.21. The fourth-order valence-electron chi connectivity index (χ4n) is 2.28. The molecule has 16 heavy (non-hydrogen) atoms. The lowest BCUT2D eigenvalue weighted by Gasteiger charge is -2.39. The third kappa shape index (κ3) is 2.96. The van der Waals surface area contributed by atoms with E-state index in [1.807, 2.05) is 0 Å². The third-order valence-electron chi connectivity index (χ3n) is 3.29. The molecule has 1 aromatic rings. The molecule has 1 heterocycles. The van der Waals surface area contributed by atoms with Gasteiger partial charge in [0.25, 0.3) is 0 Å². The highest BCUT2D eigenvalue weighted by molar-refractivity contribution is 14.1. The van der Waals surface area contributed by atoms with Crippen molar-refractivity contribution in [3.63, 3.8) is 0 Å². The lowest BCUT2D eigenvalue weighted by molar-refractivity contribution is 0.109. The van der Waals surface area contributed by atoms with Crippen LogP contribution in [0.4, 0.5) is 0 Å². The van der Waals surface area contributed by atoms with Crippen molar-refractivity contribution in [2.45, 2.75) is 32.5 Å². The zero-order chi connectivity index (χ0) is 11.5. The summed E-state index contributed by atoms with van der Waals surface area (Å²) >= 11 is 2.35. The third-order valence-corrected chi connectivity index (χ3v) is 4.01. The summed E-state index contributed by atoms with van der Waals surface area (Å²) in [5.74, 6) is 0. The Bertz CT molecular complexity index is 326. The predicted molar refractivity (Wildman–Crippen MR) is 76.5 cm³/mol. The monoisotopic (exact) mass is 330 g/mol. The molecule has 1 aliphatic heterocycles. The Morgan fingerprint density at radius 1 is 1.19 bits per heavy atom.